The van der Waals surface area contributed by atoms with Crippen LogP contribution < -0.4 is 0 Å². The summed E-state index contributed by atoms with van der Waals surface area (Å²) in [6.45, 7) is 3.81. The molecule has 0 amide bonds. The molecule has 16 heavy (non-hydrogen) atoms. The maximum absolute atomic E-state index is 6.49. The molecule has 0 N–H and O–H groups in total. The summed E-state index contributed by atoms with van der Waals surface area (Å²) in [4.78, 5) is 2.47. The third kappa shape index (κ3) is 1.86. The predicted molar refractivity (Wildman–Crippen MR) is 64.9 cm³/mol. The topological polar surface area (TPSA) is 12.5 Å². The molecule has 1 saturated heterocycles. The van der Waals surface area contributed by atoms with Crippen molar-refractivity contribution in [2.75, 3.05) is 26.3 Å². The molecule has 1 unspecified atom stereocenters. The van der Waals surface area contributed by atoms with E-state index in [0.29, 0.717) is 6.04 Å². The summed E-state index contributed by atoms with van der Waals surface area (Å²) in [7, 11) is 0. The van der Waals surface area contributed by atoms with E-state index in [-0.39, 0.29) is 5.38 Å². The Morgan fingerprint density at radius 3 is 2.81 bits per heavy atom. The van der Waals surface area contributed by atoms with E-state index in [1.807, 2.05) is 0 Å². The first-order valence-electron chi connectivity index (χ1n) is 5.88. The quantitative estimate of drug-likeness (QED) is 0.695. The van der Waals surface area contributed by atoms with Gasteiger partial charge in [-0.25, -0.2) is 0 Å². The van der Waals surface area contributed by atoms with Gasteiger partial charge >= 0.3 is 0 Å². The molecule has 1 fully saturated rings. The van der Waals surface area contributed by atoms with Crippen molar-refractivity contribution in [3.8, 4) is 0 Å². The Morgan fingerprint density at radius 1 is 1.25 bits per heavy atom. The number of benzene rings is 1. The van der Waals surface area contributed by atoms with Crippen molar-refractivity contribution < 1.29 is 4.74 Å². The minimum atomic E-state index is 0.124. The molecule has 3 rings (SSSR count). The van der Waals surface area contributed by atoms with Gasteiger partial charge in [-0.05, 0) is 17.5 Å². The van der Waals surface area contributed by atoms with E-state index < -0.39 is 0 Å². The second-order valence-corrected chi connectivity index (χ2v) is 5.13. The van der Waals surface area contributed by atoms with Crippen molar-refractivity contribution in [2.45, 2.75) is 17.8 Å². The van der Waals surface area contributed by atoms with E-state index in [4.69, 9.17) is 16.3 Å². The van der Waals surface area contributed by atoms with Crippen molar-refractivity contribution in [1.82, 2.24) is 4.90 Å². The van der Waals surface area contributed by atoms with E-state index in [2.05, 4.69) is 29.2 Å². The van der Waals surface area contributed by atoms with Gasteiger partial charge in [-0.3, -0.25) is 4.90 Å². The molecule has 86 valence electrons. The lowest BCUT2D eigenvalue weighted by atomic mass is 10.0. The maximum atomic E-state index is 6.49. The summed E-state index contributed by atoms with van der Waals surface area (Å²) >= 11 is 6.49. The highest BCUT2D eigenvalue weighted by Gasteiger charge is 2.30. The van der Waals surface area contributed by atoms with E-state index in [1.165, 1.54) is 11.1 Å². The van der Waals surface area contributed by atoms with Gasteiger partial charge in [0.2, 0.25) is 0 Å². The SMILES string of the molecule is ClC1CN(C2COC2)CCc2ccccc21. The van der Waals surface area contributed by atoms with Crippen LogP contribution in [0, 0.1) is 0 Å². The van der Waals surface area contributed by atoms with Crippen molar-refractivity contribution in [3.63, 3.8) is 0 Å². The highest BCUT2D eigenvalue weighted by atomic mass is 35.5. The third-order valence-corrected chi connectivity index (χ3v) is 3.97. The molecule has 0 aromatic heterocycles. The fourth-order valence-corrected chi connectivity index (χ4v) is 2.88. The van der Waals surface area contributed by atoms with Gasteiger partial charge in [0.25, 0.3) is 0 Å². The monoisotopic (exact) mass is 237 g/mol. The molecule has 1 atom stereocenters. The largest absolute Gasteiger partial charge is 0.378 e. The van der Waals surface area contributed by atoms with Crippen molar-refractivity contribution in [3.05, 3.63) is 35.4 Å². The third-order valence-electron chi connectivity index (χ3n) is 3.59. The number of hydrogen-bond donors (Lipinski definition) is 0. The summed E-state index contributed by atoms with van der Waals surface area (Å²) in [5, 5.41) is 0.124. The van der Waals surface area contributed by atoms with E-state index >= 15 is 0 Å². The van der Waals surface area contributed by atoms with Gasteiger partial charge in [-0.2, -0.15) is 0 Å². The average molecular weight is 238 g/mol. The number of ether oxygens (including phenoxy) is 1. The van der Waals surface area contributed by atoms with Crippen LogP contribution in [0.3, 0.4) is 0 Å². The number of hydrogen-bond acceptors (Lipinski definition) is 2. The first-order chi connectivity index (χ1) is 7.84. The Kier molecular flexibility index (Phi) is 2.88. The molecule has 2 nitrogen and oxygen atoms in total. The molecular formula is C13H16ClNO. The van der Waals surface area contributed by atoms with Gasteiger partial charge in [0.15, 0.2) is 0 Å². The molecule has 2 aliphatic rings. The molecule has 0 bridgehead atoms. The van der Waals surface area contributed by atoms with Gasteiger partial charge in [-0.15, -0.1) is 11.6 Å². The van der Waals surface area contributed by atoms with Gasteiger partial charge in [0.05, 0.1) is 24.6 Å². The van der Waals surface area contributed by atoms with Gasteiger partial charge in [0, 0.05) is 13.1 Å². The molecule has 2 aliphatic heterocycles. The number of alkyl halides is 1. The Morgan fingerprint density at radius 2 is 2.06 bits per heavy atom. The van der Waals surface area contributed by atoms with Crippen LogP contribution in [0.2, 0.25) is 0 Å². The normalized spacial score (nSPS) is 26.9. The van der Waals surface area contributed by atoms with Crippen LogP contribution in [0.1, 0.15) is 16.5 Å². The van der Waals surface area contributed by atoms with Crippen LogP contribution in [-0.2, 0) is 11.2 Å². The fourth-order valence-electron chi connectivity index (χ4n) is 2.49. The van der Waals surface area contributed by atoms with Gasteiger partial charge in [-0.1, -0.05) is 24.3 Å². The predicted octanol–water partition coefficient (Wildman–Crippen LogP) is 2.22. The first kappa shape index (κ1) is 10.6. The summed E-state index contributed by atoms with van der Waals surface area (Å²) in [6.07, 6.45) is 1.11. The van der Waals surface area contributed by atoms with Crippen LogP contribution in [0.15, 0.2) is 24.3 Å². The Balaban J connectivity index is 1.81. The lowest BCUT2D eigenvalue weighted by Gasteiger charge is -2.37. The van der Waals surface area contributed by atoms with Crippen LogP contribution >= 0.6 is 11.6 Å². The highest BCUT2D eigenvalue weighted by Crippen LogP contribution is 2.30. The van der Waals surface area contributed by atoms with Crippen LogP contribution in [-0.4, -0.2) is 37.2 Å². The number of rotatable bonds is 1. The van der Waals surface area contributed by atoms with Crippen LogP contribution in [0.4, 0.5) is 0 Å². The fraction of sp³-hybridized carbons (Fsp3) is 0.538. The summed E-state index contributed by atoms with van der Waals surface area (Å²) in [5.41, 5.74) is 2.72. The van der Waals surface area contributed by atoms with Crippen molar-refractivity contribution in [1.29, 1.82) is 0 Å². The Bertz CT molecular complexity index is 378. The zero-order valence-electron chi connectivity index (χ0n) is 9.23. The summed E-state index contributed by atoms with van der Waals surface area (Å²) < 4.78 is 5.26. The molecule has 2 heterocycles. The van der Waals surface area contributed by atoms with Crippen LogP contribution in [0.5, 0.6) is 0 Å². The van der Waals surface area contributed by atoms with E-state index in [1.54, 1.807) is 0 Å². The molecule has 1 aromatic rings. The lowest BCUT2D eigenvalue weighted by Crippen LogP contribution is -2.50. The number of halogens is 1. The minimum absolute atomic E-state index is 0.124. The lowest BCUT2D eigenvalue weighted by molar-refractivity contribution is -0.0637. The zero-order valence-corrected chi connectivity index (χ0v) is 9.99. The summed E-state index contributed by atoms with van der Waals surface area (Å²) in [6, 6.07) is 9.13. The van der Waals surface area contributed by atoms with Crippen molar-refractivity contribution in [2.24, 2.45) is 0 Å². The van der Waals surface area contributed by atoms with E-state index in [0.717, 1.165) is 32.7 Å². The molecular weight excluding hydrogens is 222 g/mol. The smallest absolute Gasteiger partial charge is 0.0715 e. The highest BCUT2D eigenvalue weighted by molar-refractivity contribution is 6.21. The Labute approximate surface area is 101 Å². The molecule has 0 saturated carbocycles. The Hall–Kier alpha value is -0.570. The number of nitrogens with zero attached hydrogens (tertiary/aromatic N) is 1. The molecule has 0 radical (unpaired) electrons. The second-order valence-electron chi connectivity index (χ2n) is 4.60. The standard InChI is InChI=1S/C13H16ClNO/c14-13-7-15(11-8-16-9-11)6-5-10-3-1-2-4-12(10)13/h1-4,11,13H,5-9H2. The minimum Gasteiger partial charge on any atom is -0.378 e. The molecule has 0 aliphatic carbocycles. The van der Waals surface area contributed by atoms with E-state index in [9.17, 15) is 0 Å². The van der Waals surface area contributed by atoms with Gasteiger partial charge < -0.3 is 4.74 Å². The van der Waals surface area contributed by atoms with Crippen molar-refractivity contribution >= 4 is 11.6 Å². The van der Waals surface area contributed by atoms with Crippen LogP contribution in [0.25, 0.3) is 0 Å². The average Bonchev–Trinajstić information content (AvgIpc) is 2.38. The maximum Gasteiger partial charge on any atom is 0.0715 e. The summed E-state index contributed by atoms with van der Waals surface area (Å²) in [5.74, 6) is 0. The molecule has 0 spiro atoms. The first-order valence-corrected chi connectivity index (χ1v) is 6.32. The number of fused-ring (bicyclic) bond motifs is 1. The zero-order chi connectivity index (χ0) is 11.0. The molecule has 1 aromatic carbocycles. The second kappa shape index (κ2) is 4.36. The van der Waals surface area contributed by atoms with Gasteiger partial charge in [0.1, 0.15) is 0 Å². The molecule has 3 heteroatoms.